The molecule has 0 aliphatic heterocycles. The molecule has 1 heterocycles. The summed E-state index contributed by atoms with van der Waals surface area (Å²) in [5, 5.41) is 0.752. The molecule has 0 aliphatic carbocycles. The van der Waals surface area contributed by atoms with Crippen LogP contribution in [0, 0.1) is 0 Å². The van der Waals surface area contributed by atoms with E-state index < -0.39 is 0 Å². The Labute approximate surface area is 170 Å². The number of nitrogens with one attached hydrogen (secondary N) is 1. The van der Waals surface area contributed by atoms with Gasteiger partial charge in [0.05, 0.1) is 37.0 Å². The van der Waals surface area contributed by atoms with Crippen LogP contribution >= 0.6 is 11.3 Å². The van der Waals surface area contributed by atoms with Crippen LogP contribution in [0.25, 0.3) is 10.2 Å². The normalized spacial score (nSPS) is 11.4. The Morgan fingerprint density at radius 3 is 2.50 bits per heavy atom. The Morgan fingerprint density at radius 2 is 1.86 bits per heavy atom. The minimum absolute atomic E-state index is 0.0242. The second-order valence-corrected chi connectivity index (χ2v) is 8.43. The van der Waals surface area contributed by atoms with Gasteiger partial charge in [-0.1, -0.05) is 23.5 Å². The van der Waals surface area contributed by atoms with Gasteiger partial charge < -0.3 is 9.64 Å². The summed E-state index contributed by atoms with van der Waals surface area (Å²) in [5.74, 6) is 0.748. The molecule has 0 aliphatic rings. The third kappa shape index (κ3) is 5.09. The molecule has 1 amide bonds. The van der Waals surface area contributed by atoms with Gasteiger partial charge in [-0.2, -0.15) is 0 Å². The molecule has 0 bridgehead atoms. The molecule has 148 valence electrons. The second kappa shape index (κ2) is 9.17. The van der Waals surface area contributed by atoms with Crippen LogP contribution in [0.1, 0.15) is 30.6 Å². The number of fused-ring (bicyclic) bond motifs is 1. The van der Waals surface area contributed by atoms with Crippen molar-refractivity contribution in [2.45, 2.75) is 26.4 Å². The number of ether oxygens (including phenoxy) is 1. The van der Waals surface area contributed by atoms with E-state index in [0.717, 1.165) is 34.1 Å². The number of rotatable bonds is 8. The number of benzene rings is 2. The molecule has 0 spiro atoms. The lowest BCUT2D eigenvalue weighted by molar-refractivity contribution is -0.858. The topological polar surface area (TPSA) is 46.9 Å². The van der Waals surface area contributed by atoms with Gasteiger partial charge in [0.2, 0.25) is 0 Å². The third-order valence-corrected chi connectivity index (χ3v) is 5.35. The van der Waals surface area contributed by atoms with Gasteiger partial charge in [-0.15, -0.1) is 0 Å². The highest BCUT2D eigenvalue weighted by atomic mass is 32.1. The first kappa shape index (κ1) is 20.3. The first-order valence-electron chi connectivity index (χ1n) is 9.67. The molecular weight excluding hydrogens is 370 g/mol. The monoisotopic (exact) mass is 398 g/mol. The van der Waals surface area contributed by atoms with E-state index in [2.05, 4.69) is 14.1 Å². The van der Waals surface area contributed by atoms with Crippen molar-refractivity contribution in [3.63, 3.8) is 0 Å². The number of amides is 1. The Bertz CT molecular complexity index is 886. The highest BCUT2D eigenvalue weighted by Crippen LogP contribution is 2.30. The summed E-state index contributed by atoms with van der Waals surface area (Å²) in [6.45, 7) is 5.62. The van der Waals surface area contributed by atoms with E-state index >= 15 is 0 Å². The SMILES string of the molecule is CC(C)Oc1ccc(C(=O)N(CCC[NH+](C)C)c2nc3ccccc3s2)cc1. The van der Waals surface area contributed by atoms with Crippen molar-refractivity contribution in [3.05, 3.63) is 54.1 Å². The number of thiazole rings is 1. The first-order valence-corrected chi connectivity index (χ1v) is 10.5. The quantitative estimate of drug-likeness (QED) is 0.634. The van der Waals surface area contributed by atoms with Gasteiger partial charge in [0.1, 0.15) is 5.75 Å². The molecule has 0 saturated heterocycles. The molecule has 5 nitrogen and oxygen atoms in total. The van der Waals surface area contributed by atoms with Gasteiger partial charge in [-0.25, -0.2) is 4.98 Å². The number of aromatic nitrogens is 1. The van der Waals surface area contributed by atoms with Gasteiger partial charge in [-0.3, -0.25) is 9.69 Å². The average Bonchev–Trinajstić information content (AvgIpc) is 3.08. The number of carbonyl (C=O) groups is 1. The lowest BCUT2D eigenvalue weighted by atomic mass is 10.2. The van der Waals surface area contributed by atoms with Crippen molar-refractivity contribution in [3.8, 4) is 5.75 Å². The van der Waals surface area contributed by atoms with Crippen molar-refractivity contribution in [2.75, 3.05) is 32.1 Å². The van der Waals surface area contributed by atoms with Gasteiger partial charge in [0.15, 0.2) is 5.13 Å². The lowest BCUT2D eigenvalue weighted by Gasteiger charge is -2.20. The molecule has 0 radical (unpaired) electrons. The van der Waals surface area contributed by atoms with Gasteiger partial charge >= 0.3 is 0 Å². The smallest absolute Gasteiger partial charge is 0.260 e. The second-order valence-electron chi connectivity index (χ2n) is 7.42. The summed E-state index contributed by atoms with van der Waals surface area (Å²) in [7, 11) is 4.24. The summed E-state index contributed by atoms with van der Waals surface area (Å²) in [5.41, 5.74) is 1.58. The molecule has 3 rings (SSSR count). The van der Waals surface area contributed by atoms with Crippen molar-refractivity contribution < 1.29 is 14.4 Å². The number of carbonyl (C=O) groups excluding carboxylic acids is 1. The largest absolute Gasteiger partial charge is 0.491 e. The fraction of sp³-hybridized carbons (Fsp3) is 0.364. The highest BCUT2D eigenvalue weighted by molar-refractivity contribution is 7.22. The van der Waals surface area contributed by atoms with E-state index in [1.165, 1.54) is 4.90 Å². The number of anilines is 1. The molecule has 0 unspecified atom stereocenters. The van der Waals surface area contributed by atoms with E-state index in [4.69, 9.17) is 9.72 Å². The van der Waals surface area contributed by atoms with Crippen molar-refractivity contribution in [2.24, 2.45) is 0 Å². The van der Waals surface area contributed by atoms with Gasteiger partial charge in [0, 0.05) is 18.5 Å². The minimum atomic E-state index is -0.0242. The predicted molar refractivity (Wildman–Crippen MR) is 116 cm³/mol. The maximum Gasteiger partial charge on any atom is 0.260 e. The van der Waals surface area contributed by atoms with Crippen LogP contribution in [-0.2, 0) is 0 Å². The summed E-state index contributed by atoms with van der Waals surface area (Å²) in [6.07, 6.45) is 1.02. The zero-order valence-corrected chi connectivity index (χ0v) is 17.8. The molecule has 2 aromatic carbocycles. The maximum absolute atomic E-state index is 13.3. The van der Waals surface area contributed by atoms with Gasteiger partial charge in [0.25, 0.3) is 5.91 Å². The summed E-state index contributed by atoms with van der Waals surface area (Å²) < 4.78 is 6.78. The highest BCUT2D eigenvalue weighted by Gasteiger charge is 2.21. The van der Waals surface area contributed by atoms with Crippen LogP contribution in [0.15, 0.2) is 48.5 Å². The van der Waals surface area contributed by atoms with Crippen LogP contribution in [0.3, 0.4) is 0 Å². The number of para-hydroxylation sites is 1. The van der Waals surface area contributed by atoms with Crippen LogP contribution < -0.4 is 14.5 Å². The van der Waals surface area contributed by atoms with E-state index in [-0.39, 0.29) is 12.0 Å². The summed E-state index contributed by atoms with van der Waals surface area (Å²) >= 11 is 1.56. The minimum Gasteiger partial charge on any atom is -0.491 e. The summed E-state index contributed by atoms with van der Waals surface area (Å²) in [4.78, 5) is 21.2. The van der Waals surface area contributed by atoms with Crippen LogP contribution in [0.5, 0.6) is 5.75 Å². The molecule has 1 N–H and O–H groups in total. The Hall–Kier alpha value is -2.44. The molecule has 0 saturated carbocycles. The molecule has 1 aromatic heterocycles. The standard InChI is InChI=1S/C22H27N3O2S/c1-16(2)27-18-12-10-17(11-13-18)21(26)25(15-7-14-24(3)4)22-23-19-8-5-6-9-20(19)28-22/h5-6,8-13,16H,7,14-15H2,1-4H3/p+1. The number of hydrogen-bond acceptors (Lipinski definition) is 4. The third-order valence-electron chi connectivity index (χ3n) is 4.29. The average molecular weight is 399 g/mol. The van der Waals surface area contributed by atoms with E-state index in [0.29, 0.717) is 12.1 Å². The molecule has 0 atom stereocenters. The zero-order chi connectivity index (χ0) is 20.1. The van der Waals surface area contributed by atoms with E-state index in [1.54, 1.807) is 11.3 Å². The van der Waals surface area contributed by atoms with Crippen LogP contribution in [0.2, 0.25) is 0 Å². The van der Waals surface area contributed by atoms with Crippen molar-refractivity contribution >= 4 is 32.6 Å². The van der Waals surface area contributed by atoms with E-state index in [1.807, 2.05) is 67.3 Å². The fourth-order valence-electron chi connectivity index (χ4n) is 2.95. The molecule has 6 heteroatoms. The Morgan fingerprint density at radius 1 is 1.14 bits per heavy atom. The Balaban J connectivity index is 1.85. The Kier molecular flexibility index (Phi) is 6.65. The van der Waals surface area contributed by atoms with Crippen molar-refractivity contribution in [1.29, 1.82) is 0 Å². The molecule has 0 fully saturated rings. The molecular formula is C22H28N3O2S+. The lowest BCUT2D eigenvalue weighted by Crippen LogP contribution is -3.05. The molecule has 28 heavy (non-hydrogen) atoms. The van der Waals surface area contributed by atoms with Crippen molar-refractivity contribution in [1.82, 2.24) is 4.98 Å². The van der Waals surface area contributed by atoms with E-state index in [9.17, 15) is 4.79 Å². The fourth-order valence-corrected chi connectivity index (χ4v) is 3.94. The number of nitrogens with zero attached hydrogens (tertiary/aromatic N) is 2. The zero-order valence-electron chi connectivity index (χ0n) is 16.9. The van der Waals surface area contributed by atoms with Gasteiger partial charge in [-0.05, 0) is 50.2 Å². The number of hydrogen-bond donors (Lipinski definition) is 1. The van der Waals surface area contributed by atoms with Crippen LogP contribution in [-0.4, -0.2) is 44.2 Å². The maximum atomic E-state index is 13.3. The number of quaternary nitrogens is 1. The predicted octanol–water partition coefficient (Wildman–Crippen LogP) is 3.26. The summed E-state index contributed by atoms with van der Waals surface area (Å²) in [6, 6.07) is 15.4. The molecule has 3 aromatic rings. The van der Waals surface area contributed by atoms with Crippen LogP contribution in [0.4, 0.5) is 5.13 Å². The first-order chi connectivity index (χ1) is 13.4.